The molecule has 4 rings (SSSR count). The third kappa shape index (κ3) is 2.25. The molecule has 0 unspecified atom stereocenters. The smallest absolute Gasteiger partial charge is 0.254 e. The van der Waals surface area contributed by atoms with Crippen molar-refractivity contribution in [2.45, 2.75) is 37.8 Å². The lowest BCUT2D eigenvalue weighted by Gasteiger charge is -2.33. The van der Waals surface area contributed by atoms with Gasteiger partial charge in [-0.25, -0.2) is 0 Å². The summed E-state index contributed by atoms with van der Waals surface area (Å²) in [6.45, 7) is 0.767. The summed E-state index contributed by atoms with van der Waals surface area (Å²) in [6, 6.07) is 8.16. The molecule has 2 saturated carbocycles. The predicted octanol–water partition coefficient (Wildman–Crippen LogP) is 1.82. The first-order valence-electron chi connectivity index (χ1n) is 8.38. The summed E-state index contributed by atoms with van der Waals surface area (Å²) in [5.41, 5.74) is 2.20. The van der Waals surface area contributed by atoms with Crippen LogP contribution in [0.3, 0.4) is 0 Å². The number of aliphatic hydroxyl groups excluding tert-OH is 1. The lowest BCUT2D eigenvalue weighted by molar-refractivity contribution is -0.135. The molecular formula is C18H23NO3. The second-order valence-electron chi connectivity index (χ2n) is 6.91. The van der Waals surface area contributed by atoms with Gasteiger partial charge in [0.25, 0.3) is 5.91 Å². The standard InChI is InChI=1S/C18H23NO3/c20-10-15-12-5-6-13(9-12)16(15)19-18(21)17-14-4-2-1-3-11(14)7-8-22-17/h1-4,12-13,15-17,20H,5-10H2,(H,19,21)/t12-,13-,15+,16+,17-/m0/s1. The van der Waals surface area contributed by atoms with Crippen molar-refractivity contribution >= 4 is 5.91 Å². The normalized spacial score (nSPS) is 36.1. The predicted molar refractivity (Wildman–Crippen MR) is 82.2 cm³/mol. The maximum atomic E-state index is 12.7. The highest BCUT2D eigenvalue weighted by Crippen LogP contribution is 2.48. The van der Waals surface area contributed by atoms with Crippen LogP contribution >= 0.6 is 0 Å². The molecule has 0 spiro atoms. The summed E-state index contributed by atoms with van der Waals surface area (Å²) >= 11 is 0. The van der Waals surface area contributed by atoms with Gasteiger partial charge in [-0.1, -0.05) is 24.3 Å². The van der Waals surface area contributed by atoms with Gasteiger partial charge in [-0.2, -0.15) is 0 Å². The van der Waals surface area contributed by atoms with Crippen LogP contribution in [0.4, 0.5) is 0 Å². The Kier molecular flexibility index (Phi) is 3.66. The highest BCUT2D eigenvalue weighted by molar-refractivity contribution is 5.83. The Morgan fingerprint density at radius 3 is 2.95 bits per heavy atom. The van der Waals surface area contributed by atoms with Crippen molar-refractivity contribution in [2.24, 2.45) is 17.8 Å². The Morgan fingerprint density at radius 1 is 1.27 bits per heavy atom. The first-order chi connectivity index (χ1) is 10.8. The molecular weight excluding hydrogens is 278 g/mol. The highest BCUT2D eigenvalue weighted by atomic mass is 16.5. The Balaban J connectivity index is 1.51. The molecule has 0 aromatic heterocycles. The van der Waals surface area contributed by atoms with E-state index in [2.05, 4.69) is 11.4 Å². The zero-order valence-electron chi connectivity index (χ0n) is 12.7. The third-order valence-electron chi connectivity index (χ3n) is 5.84. The zero-order valence-corrected chi connectivity index (χ0v) is 12.7. The molecule has 2 fully saturated rings. The molecule has 0 radical (unpaired) electrons. The van der Waals surface area contributed by atoms with E-state index in [1.54, 1.807) is 0 Å². The monoisotopic (exact) mass is 301 g/mol. The molecule has 4 nitrogen and oxygen atoms in total. The van der Waals surface area contributed by atoms with E-state index >= 15 is 0 Å². The fourth-order valence-corrected chi connectivity index (χ4v) is 4.75. The van der Waals surface area contributed by atoms with Crippen molar-refractivity contribution in [1.29, 1.82) is 0 Å². The molecule has 1 aromatic carbocycles. The van der Waals surface area contributed by atoms with E-state index < -0.39 is 6.10 Å². The molecule has 5 atom stereocenters. The molecule has 4 heteroatoms. The van der Waals surface area contributed by atoms with Gasteiger partial charge in [-0.3, -0.25) is 4.79 Å². The molecule has 0 saturated heterocycles. The highest BCUT2D eigenvalue weighted by Gasteiger charge is 2.48. The number of carbonyl (C=O) groups excluding carboxylic acids is 1. The van der Waals surface area contributed by atoms with E-state index in [0.717, 1.165) is 18.4 Å². The maximum absolute atomic E-state index is 12.7. The SMILES string of the molecule is O=C(N[C@@H]1[C@H]2CC[C@@H](C2)[C@H]1CO)[C@H]1OCCc2ccccc21. The number of aliphatic hydroxyl groups is 1. The average Bonchev–Trinajstić information content (AvgIpc) is 3.15. The van der Waals surface area contributed by atoms with Crippen molar-refractivity contribution in [3.63, 3.8) is 0 Å². The van der Waals surface area contributed by atoms with Gasteiger partial charge in [0.15, 0.2) is 6.10 Å². The van der Waals surface area contributed by atoms with Gasteiger partial charge in [0.2, 0.25) is 0 Å². The van der Waals surface area contributed by atoms with Crippen LogP contribution in [0.2, 0.25) is 0 Å². The molecule has 1 heterocycles. The van der Waals surface area contributed by atoms with Crippen molar-refractivity contribution in [2.75, 3.05) is 13.2 Å². The molecule has 2 aliphatic carbocycles. The molecule has 118 valence electrons. The van der Waals surface area contributed by atoms with Gasteiger partial charge in [0.05, 0.1) is 6.61 Å². The second kappa shape index (κ2) is 5.67. The van der Waals surface area contributed by atoms with Crippen LogP contribution in [0.15, 0.2) is 24.3 Å². The van der Waals surface area contributed by atoms with Crippen LogP contribution < -0.4 is 5.32 Å². The van der Waals surface area contributed by atoms with Crippen molar-refractivity contribution in [3.05, 3.63) is 35.4 Å². The van der Waals surface area contributed by atoms with E-state index in [0.29, 0.717) is 18.4 Å². The largest absolute Gasteiger partial charge is 0.396 e. The number of benzene rings is 1. The quantitative estimate of drug-likeness (QED) is 0.895. The number of nitrogens with one attached hydrogen (secondary N) is 1. The van der Waals surface area contributed by atoms with Gasteiger partial charge in [-0.15, -0.1) is 0 Å². The Morgan fingerprint density at radius 2 is 2.09 bits per heavy atom. The van der Waals surface area contributed by atoms with Crippen LogP contribution in [-0.4, -0.2) is 30.3 Å². The average molecular weight is 301 g/mol. The van der Waals surface area contributed by atoms with Gasteiger partial charge >= 0.3 is 0 Å². The number of hydrogen-bond acceptors (Lipinski definition) is 3. The van der Waals surface area contributed by atoms with Gasteiger partial charge in [0.1, 0.15) is 0 Å². The molecule has 1 aromatic rings. The van der Waals surface area contributed by atoms with Crippen molar-refractivity contribution in [3.8, 4) is 0 Å². The summed E-state index contributed by atoms with van der Waals surface area (Å²) in [5, 5.41) is 12.9. The zero-order chi connectivity index (χ0) is 15.1. The van der Waals surface area contributed by atoms with Crippen molar-refractivity contribution in [1.82, 2.24) is 5.32 Å². The summed E-state index contributed by atoms with van der Waals surface area (Å²) < 4.78 is 5.75. The van der Waals surface area contributed by atoms with E-state index in [-0.39, 0.29) is 24.5 Å². The van der Waals surface area contributed by atoms with E-state index in [4.69, 9.17) is 4.74 Å². The number of ether oxygens (including phenoxy) is 1. The van der Waals surface area contributed by atoms with Crippen LogP contribution in [-0.2, 0) is 16.0 Å². The fourth-order valence-electron chi connectivity index (χ4n) is 4.75. The molecule has 1 amide bonds. The van der Waals surface area contributed by atoms with Crippen LogP contribution in [0.5, 0.6) is 0 Å². The maximum Gasteiger partial charge on any atom is 0.254 e. The fraction of sp³-hybridized carbons (Fsp3) is 0.611. The second-order valence-corrected chi connectivity index (χ2v) is 6.91. The van der Waals surface area contributed by atoms with Crippen LogP contribution in [0, 0.1) is 17.8 Å². The number of fused-ring (bicyclic) bond motifs is 3. The Labute approximate surface area is 130 Å². The number of amides is 1. The Hall–Kier alpha value is -1.39. The molecule has 2 bridgehead atoms. The minimum absolute atomic E-state index is 0.0388. The molecule has 3 aliphatic rings. The van der Waals surface area contributed by atoms with E-state index in [9.17, 15) is 9.90 Å². The first kappa shape index (κ1) is 14.2. The van der Waals surface area contributed by atoms with Gasteiger partial charge < -0.3 is 15.2 Å². The van der Waals surface area contributed by atoms with Crippen LogP contribution in [0.25, 0.3) is 0 Å². The van der Waals surface area contributed by atoms with E-state index in [1.807, 2.05) is 18.2 Å². The first-order valence-corrected chi connectivity index (χ1v) is 8.38. The minimum Gasteiger partial charge on any atom is -0.396 e. The number of hydrogen-bond donors (Lipinski definition) is 2. The van der Waals surface area contributed by atoms with Crippen LogP contribution in [0.1, 0.15) is 36.5 Å². The third-order valence-corrected chi connectivity index (χ3v) is 5.84. The molecule has 22 heavy (non-hydrogen) atoms. The molecule has 1 aliphatic heterocycles. The van der Waals surface area contributed by atoms with Gasteiger partial charge in [-0.05, 0) is 48.6 Å². The summed E-state index contributed by atoms with van der Waals surface area (Å²) in [7, 11) is 0. The lowest BCUT2D eigenvalue weighted by Crippen LogP contribution is -2.47. The van der Waals surface area contributed by atoms with Crippen molar-refractivity contribution < 1.29 is 14.6 Å². The summed E-state index contributed by atoms with van der Waals surface area (Å²) in [6.07, 6.45) is 3.90. The van der Waals surface area contributed by atoms with Gasteiger partial charge in [0, 0.05) is 18.6 Å². The minimum atomic E-state index is -0.497. The number of carbonyl (C=O) groups is 1. The number of rotatable bonds is 3. The molecule has 2 N–H and O–H groups in total. The summed E-state index contributed by atoms with van der Waals surface area (Å²) in [5.74, 6) is 1.30. The topological polar surface area (TPSA) is 58.6 Å². The Bertz CT molecular complexity index is 573. The van der Waals surface area contributed by atoms with E-state index in [1.165, 1.54) is 18.4 Å². The lowest BCUT2D eigenvalue weighted by atomic mass is 9.84. The summed E-state index contributed by atoms with van der Waals surface area (Å²) in [4.78, 5) is 12.7.